The molecule has 0 unspecified atom stereocenters. The Morgan fingerprint density at radius 1 is 1.14 bits per heavy atom. The molecule has 0 saturated carbocycles. The van der Waals surface area contributed by atoms with Crippen molar-refractivity contribution in [3.05, 3.63) is 48.3 Å². The molecule has 2 aromatic heterocycles. The number of aryl methyl sites for hydroxylation is 1. The third-order valence-corrected chi connectivity index (χ3v) is 6.25. The highest BCUT2D eigenvalue weighted by atomic mass is 16.2. The van der Waals surface area contributed by atoms with Crippen molar-refractivity contribution in [1.82, 2.24) is 24.6 Å². The lowest BCUT2D eigenvalue weighted by molar-refractivity contribution is 0.0710. The second-order valence-electron chi connectivity index (χ2n) is 8.28. The van der Waals surface area contributed by atoms with Gasteiger partial charge in [-0.25, -0.2) is 4.98 Å². The van der Waals surface area contributed by atoms with Gasteiger partial charge in [0.1, 0.15) is 0 Å². The summed E-state index contributed by atoms with van der Waals surface area (Å²) in [5, 5.41) is 5.20. The number of para-hydroxylation sites is 1. The van der Waals surface area contributed by atoms with Gasteiger partial charge < -0.3 is 9.80 Å². The van der Waals surface area contributed by atoms with E-state index in [2.05, 4.69) is 14.9 Å². The average molecular weight is 390 g/mol. The number of fused-ring (bicyclic) bond motifs is 1. The van der Waals surface area contributed by atoms with Gasteiger partial charge in [-0.3, -0.25) is 9.48 Å². The molecule has 1 atom stereocenters. The van der Waals surface area contributed by atoms with Crippen molar-refractivity contribution in [1.29, 1.82) is 0 Å². The summed E-state index contributed by atoms with van der Waals surface area (Å²) in [6.07, 6.45) is 8.49. The maximum absolute atomic E-state index is 13.7. The number of carbonyl (C=O) groups excluding carboxylic acids is 1. The van der Waals surface area contributed by atoms with Crippen LogP contribution in [0.25, 0.3) is 22.2 Å². The number of rotatable bonds is 4. The van der Waals surface area contributed by atoms with Gasteiger partial charge in [0.15, 0.2) is 0 Å². The van der Waals surface area contributed by atoms with E-state index < -0.39 is 0 Å². The van der Waals surface area contributed by atoms with Gasteiger partial charge in [0.25, 0.3) is 5.91 Å². The maximum Gasteiger partial charge on any atom is 0.254 e. The van der Waals surface area contributed by atoms with Crippen LogP contribution in [0.2, 0.25) is 0 Å². The minimum absolute atomic E-state index is 0.135. The molecule has 29 heavy (non-hydrogen) atoms. The lowest BCUT2D eigenvalue weighted by atomic mass is 10.0. The smallest absolute Gasteiger partial charge is 0.254 e. The van der Waals surface area contributed by atoms with E-state index in [-0.39, 0.29) is 5.91 Å². The van der Waals surface area contributed by atoms with E-state index in [0.717, 1.165) is 53.7 Å². The van der Waals surface area contributed by atoms with Crippen molar-refractivity contribution in [3.63, 3.8) is 0 Å². The first kappa shape index (κ1) is 18.3. The van der Waals surface area contributed by atoms with Gasteiger partial charge in [-0.05, 0) is 50.9 Å². The number of aromatic nitrogens is 3. The SMILES string of the molecule is Cn1cc(-c2cc(C(=O)N3CCC[C@H]3CN3CCCC3)c3ccccc3n2)cn1. The highest BCUT2D eigenvalue weighted by Crippen LogP contribution is 2.28. The Morgan fingerprint density at radius 2 is 1.97 bits per heavy atom. The molecule has 0 N–H and O–H groups in total. The molecule has 0 radical (unpaired) electrons. The van der Waals surface area contributed by atoms with E-state index in [4.69, 9.17) is 4.98 Å². The third-order valence-electron chi connectivity index (χ3n) is 6.25. The van der Waals surface area contributed by atoms with E-state index in [1.165, 1.54) is 25.9 Å². The lowest BCUT2D eigenvalue weighted by Crippen LogP contribution is -2.42. The number of hydrogen-bond acceptors (Lipinski definition) is 4. The fourth-order valence-electron chi connectivity index (χ4n) is 4.76. The van der Waals surface area contributed by atoms with Crippen molar-refractivity contribution in [3.8, 4) is 11.3 Å². The van der Waals surface area contributed by atoms with Gasteiger partial charge in [0.05, 0.1) is 23.0 Å². The molecule has 4 heterocycles. The van der Waals surface area contributed by atoms with Crippen LogP contribution in [0.5, 0.6) is 0 Å². The van der Waals surface area contributed by atoms with Crippen LogP contribution < -0.4 is 0 Å². The van der Waals surface area contributed by atoms with Crippen molar-refractivity contribution >= 4 is 16.8 Å². The molecule has 1 aromatic carbocycles. The summed E-state index contributed by atoms with van der Waals surface area (Å²) in [6, 6.07) is 10.2. The van der Waals surface area contributed by atoms with Crippen molar-refractivity contribution in [2.24, 2.45) is 7.05 Å². The van der Waals surface area contributed by atoms with E-state index in [9.17, 15) is 4.79 Å². The fraction of sp³-hybridized carbons (Fsp3) is 0.435. The van der Waals surface area contributed by atoms with Crippen molar-refractivity contribution in [2.45, 2.75) is 31.7 Å². The van der Waals surface area contributed by atoms with Gasteiger partial charge in [0.2, 0.25) is 0 Å². The molecule has 2 aliphatic heterocycles. The summed E-state index contributed by atoms with van der Waals surface area (Å²) in [7, 11) is 1.89. The number of likely N-dealkylation sites (tertiary alicyclic amines) is 2. The molecule has 3 aromatic rings. The minimum atomic E-state index is 0.135. The Labute approximate surface area is 171 Å². The number of amides is 1. The largest absolute Gasteiger partial charge is 0.334 e. The van der Waals surface area contributed by atoms with Crippen molar-refractivity contribution < 1.29 is 4.79 Å². The number of hydrogen-bond donors (Lipinski definition) is 0. The molecule has 2 saturated heterocycles. The van der Waals surface area contributed by atoms with Gasteiger partial charge in [0, 0.05) is 43.3 Å². The first-order valence-electron chi connectivity index (χ1n) is 10.6. The molecular formula is C23H27N5O. The van der Waals surface area contributed by atoms with Crippen LogP contribution in [0.4, 0.5) is 0 Å². The van der Waals surface area contributed by atoms with Crippen LogP contribution >= 0.6 is 0 Å². The molecule has 150 valence electrons. The number of carbonyl (C=O) groups is 1. The highest BCUT2D eigenvalue weighted by molar-refractivity contribution is 6.07. The Hall–Kier alpha value is -2.73. The van der Waals surface area contributed by atoms with E-state index in [1.54, 1.807) is 10.9 Å². The Kier molecular flexibility index (Phi) is 4.79. The van der Waals surface area contributed by atoms with E-state index >= 15 is 0 Å². The summed E-state index contributed by atoms with van der Waals surface area (Å²) in [5.41, 5.74) is 3.34. The number of benzene rings is 1. The van der Waals surface area contributed by atoms with Crippen LogP contribution in [0, 0.1) is 0 Å². The first-order chi connectivity index (χ1) is 14.2. The van der Waals surface area contributed by atoms with Crippen LogP contribution in [-0.4, -0.2) is 62.7 Å². The first-order valence-corrected chi connectivity index (χ1v) is 10.6. The third kappa shape index (κ3) is 3.53. The summed E-state index contributed by atoms with van der Waals surface area (Å²) in [5.74, 6) is 0.135. The standard InChI is InChI=1S/C23H27N5O/c1-26-15-17(14-24-26)22-13-20(19-8-2-3-9-21(19)25-22)23(29)28-12-6-7-18(28)16-27-10-4-5-11-27/h2-3,8-9,13-15,18H,4-7,10-12,16H2,1H3/t18-/m0/s1. The number of nitrogens with zero attached hydrogens (tertiary/aromatic N) is 5. The monoisotopic (exact) mass is 389 g/mol. The average Bonchev–Trinajstić information content (AvgIpc) is 3.49. The summed E-state index contributed by atoms with van der Waals surface area (Å²) < 4.78 is 1.76. The van der Waals surface area contributed by atoms with E-state index in [0.29, 0.717) is 6.04 Å². The predicted octanol–water partition coefficient (Wildman–Crippen LogP) is 3.34. The van der Waals surface area contributed by atoms with Crippen LogP contribution in [0.15, 0.2) is 42.7 Å². The summed E-state index contributed by atoms with van der Waals surface area (Å²) in [4.78, 5) is 23.1. The summed E-state index contributed by atoms with van der Waals surface area (Å²) >= 11 is 0. The molecule has 2 aliphatic rings. The topological polar surface area (TPSA) is 54.3 Å². The molecule has 0 aliphatic carbocycles. The molecule has 0 spiro atoms. The quantitative estimate of drug-likeness (QED) is 0.687. The molecule has 1 amide bonds. The molecule has 6 heteroatoms. The van der Waals surface area contributed by atoms with Gasteiger partial charge in [-0.1, -0.05) is 18.2 Å². The van der Waals surface area contributed by atoms with Gasteiger partial charge in [-0.15, -0.1) is 0 Å². The Bertz CT molecular complexity index is 1040. The summed E-state index contributed by atoms with van der Waals surface area (Å²) in [6.45, 7) is 4.18. The molecular weight excluding hydrogens is 362 g/mol. The van der Waals surface area contributed by atoms with Crippen molar-refractivity contribution in [2.75, 3.05) is 26.2 Å². The lowest BCUT2D eigenvalue weighted by Gasteiger charge is -2.29. The Morgan fingerprint density at radius 3 is 2.76 bits per heavy atom. The number of pyridine rings is 1. The van der Waals surface area contributed by atoms with Gasteiger partial charge in [-0.2, -0.15) is 5.10 Å². The Balaban J connectivity index is 1.51. The zero-order chi connectivity index (χ0) is 19.8. The predicted molar refractivity (Wildman–Crippen MR) is 114 cm³/mol. The van der Waals surface area contributed by atoms with Crippen LogP contribution in [-0.2, 0) is 7.05 Å². The molecule has 6 nitrogen and oxygen atoms in total. The van der Waals surface area contributed by atoms with Crippen LogP contribution in [0.3, 0.4) is 0 Å². The zero-order valence-electron chi connectivity index (χ0n) is 16.9. The minimum Gasteiger partial charge on any atom is -0.334 e. The van der Waals surface area contributed by atoms with E-state index in [1.807, 2.05) is 43.6 Å². The molecule has 2 fully saturated rings. The van der Waals surface area contributed by atoms with Gasteiger partial charge >= 0.3 is 0 Å². The normalized spacial score (nSPS) is 20.0. The second kappa shape index (κ2) is 7.59. The zero-order valence-corrected chi connectivity index (χ0v) is 16.9. The van der Waals surface area contributed by atoms with Crippen LogP contribution in [0.1, 0.15) is 36.0 Å². The molecule has 0 bridgehead atoms. The second-order valence-corrected chi connectivity index (χ2v) is 8.28. The fourth-order valence-corrected chi connectivity index (χ4v) is 4.76. The maximum atomic E-state index is 13.7. The molecule has 5 rings (SSSR count). The highest BCUT2D eigenvalue weighted by Gasteiger charge is 2.32.